The molecule has 0 radical (unpaired) electrons. The lowest BCUT2D eigenvalue weighted by molar-refractivity contribution is 0.438. The van der Waals surface area contributed by atoms with Crippen LogP contribution in [0.3, 0.4) is 0 Å². The van der Waals surface area contributed by atoms with Crippen molar-refractivity contribution in [3.63, 3.8) is 0 Å². The van der Waals surface area contributed by atoms with Crippen LogP contribution in [0.15, 0.2) is 72.8 Å². The molecule has 4 aromatic rings. The second-order valence-electron chi connectivity index (χ2n) is 5.36. The van der Waals surface area contributed by atoms with Crippen molar-refractivity contribution in [2.75, 3.05) is 5.32 Å². The van der Waals surface area contributed by atoms with Crippen LogP contribution < -0.4 is 10.1 Å². The van der Waals surface area contributed by atoms with Crippen molar-refractivity contribution in [3.05, 3.63) is 78.7 Å². The Kier molecular flexibility index (Phi) is 3.92. The molecule has 0 aliphatic heterocycles. The molecule has 6 heteroatoms. The highest BCUT2D eigenvalue weighted by molar-refractivity contribution is 5.83. The van der Waals surface area contributed by atoms with Gasteiger partial charge < -0.3 is 10.1 Å². The SMILES string of the molecule is Fc1nnnc(Oc2ccc3ccccc3c2)c1Nc1ccccc1. The highest BCUT2D eigenvalue weighted by Crippen LogP contribution is 2.31. The van der Waals surface area contributed by atoms with E-state index in [0.29, 0.717) is 11.4 Å². The summed E-state index contributed by atoms with van der Waals surface area (Å²) < 4.78 is 19.9. The molecule has 25 heavy (non-hydrogen) atoms. The van der Waals surface area contributed by atoms with Gasteiger partial charge in [0.1, 0.15) is 5.75 Å². The van der Waals surface area contributed by atoms with Crippen molar-refractivity contribution in [1.29, 1.82) is 0 Å². The number of aromatic nitrogens is 3. The summed E-state index contributed by atoms with van der Waals surface area (Å²) >= 11 is 0. The minimum atomic E-state index is -0.783. The van der Waals surface area contributed by atoms with Crippen LogP contribution in [-0.2, 0) is 0 Å². The van der Waals surface area contributed by atoms with Crippen molar-refractivity contribution in [2.45, 2.75) is 0 Å². The molecule has 1 N–H and O–H groups in total. The van der Waals surface area contributed by atoms with E-state index in [-0.39, 0.29) is 11.6 Å². The van der Waals surface area contributed by atoms with Gasteiger partial charge in [-0.2, -0.15) is 4.39 Å². The van der Waals surface area contributed by atoms with Crippen LogP contribution in [0.5, 0.6) is 11.6 Å². The van der Waals surface area contributed by atoms with E-state index >= 15 is 0 Å². The Hall–Kier alpha value is -3.54. The van der Waals surface area contributed by atoms with Gasteiger partial charge in [0, 0.05) is 5.69 Å². The van der Waals surface area contributed by atoms with Crippen LogP contribution in [0.2, 0.25) is 0 Å². The fourth-order valence-corrected chi connectivity index (χ4v) is 2.48. The lowest BCUT2D eigenvalue weighted by Crippen LogP contribution is -2.04. The van der Waals surface area contributed by atoms with E-state index in [1.807, 2.05) is 54.6 Å². The quantitative estimate of drug-likeness (QED) is 0.587. The topological polar surface area (TPSA) is 59.9 Å². The molecule has 4 rings (SSSR count). The van der Waals surface area contributed by atoms with E-state index in [1.165, 1.54) is 0 Å². The Bertz CT molecular complexity index is 1020. The van der Waals surface area contributed by atoms with E-state index in [2.05, 4.69) is 20.7 Å². The van der Waals surface area contributed by atoms with Gasteiger partial charge in [-0.25, -0.2) is 0 Å². The highest BCUT2D eigenvalue weighted by atomic mass is 19.1. The maximum atomic E-state index is 14.1. The van der Waals surface area contributed by atoms with Crippen molar-refractivity contribution >= 4 is 22.1 Å². The number of halogens is 1. The molecule has 1 heterocycles. The van der Waals surface area contributed by atoms with E-state index in [1.54, 1.807) is 18.2 Å². The Balaban J connectivity index is 1.68. The molecular weight excluding hydrogens is 319 g/mol. The monoisotopic (exact) mass is 332 g/mol. The number of hydrogen-bond donors (Lipinski definition) is 1. The second kappa shape index (κ2) is 6.52. The fraction of sp³-hybridized carbons (Fsp3) is 0. The predicted octanol–water partition coefficient (Wildman–Crippen LogP) is 4.70. The summed E-state index contributed by atoms with van der Waals surface area (Å²) in [4.78, 5) is 0. The maximum Gasteiger partial charge on any atom is 0.269 e. The lowest BCUT2D eigenvalue weighted by atomic mass is 10.1. The predicted molar refractivity (Wildman–Crippen MR) is 93.5 cm³/mol. The molecule has 0 spiro atoms. The third-order valence-electron chi connectivity index (χ3n) is 3.67. The molecule has 1 aromatic heterocycles. The first kappa shape index (κ1) is 15.0. The first-order valence-electron chi connectivity index (χ1n) is 7.67. The highest BCUT2D eigenvalue weighted by Gasteiger charge is 2.15. The van der Waals surface area contributed by atoms with Crippen molar-refractivity contribution in [1.82, 2.24) is 15.4 Å². The Morgan fingerprint density at radius 2 is 1.56 bits per heavy atom. The Labute approximate surface area is 143 Å². The third-order valence-corrected chi connectivity index (χ3v) is 3.67. The zero-order chi connectivity index (χ0) is 17.1. The van der Waals surface area contributed by atoms with Crippen LogP contribution in [-0.4, -0.2) is 15.4 Å². The number of hydrogen-bond acceptors (Lipinski definition) is 5. The molecule has 0 unspecified atom stereocenters. The summed E-state index contributed by atoms with van der Waals surface area (Å²) in [6.07, 6.45) is 0. The number of nitrogens with zero attached hydrogens (tertiary/aromatic N) is 3. The Morgan fingerprint density at radius 3 is 2.40 bits per heavy atom. The molecule has 0 aliphatic carbocycles. The van der Waals surface area contributed by atoms with Crippen LogP contribution in [0.25, 0.3) is 10.8 Å². The molecule has 0 amide bonds. The summed E-state index contributed by atoms with van der Waals surface area (Å²) in [5.74, 6) is -0.226. The van der Waals surface area contributed by atoms with Crippen molar-refractivity contribution in [3.8, 4) is 11.6 Å². The van der Waals surface area contributed by atoms with Gasteiger partial charge in [0.25, 0.3) is 11.8 Å². The van der Waals surface area contributed by atoms with E-state index in [4.69, 9.17) is 4.74 Å². The molecule has 0 saturated heterocycles. The number of benzene rings is 3. The molecule has 0 bridgehead atoms. The summed E-state index contributed by atoms with van der Waals surface area (Å²) in [7, 11) is 0. The largest absolute Gasteiger partial charge is 0.436 e. The molecule has 0 aliphatic rings. The minimum absolute atomic E-state index is 0.0200. The number of para-hydroxylation sites is 1. The van der Waals surface area contributed by atoms with E-state index in [9.17, 15) is 4.39 Å². The van der Waals surface area contributed by atoms with Crippen molar-refractivity contribution in [2.24, 2.45) is 0 Å². The Morgan fingerprint density at radius 1 is 0.800 bits per heavy atom. The molecule has 0 saturated carbocycles. The first-order valence-corrected chi connectivity index (χ1v) is 7.67. The standard InChI is InChI=1S/C19H13FN4O/c20-18-17(21-15-8-2-1-3-9-15)19(23-24-22-18)25-16-11-10-13-6-4-5-7-14(13)12-16/h1-12H,(H,21,24). The number of nitrogens with one attached hydrogen (secondary N) is 1. The minimum Gasteiger partial charge on any atom is -0.436 e. The van der Waals surface area contributed by atoms with Gasteiger partial charge in [-0.3, -0.25) is 0 Å². The second-order valence-corrected chi connectivity index (χ2v) is 5.36. The van der Waals surface area contributed by atoms with Gasteiger partial charge in [0.15, 0.2) is 5.69 Å². The molecule has 122 valence electrons. The average molecular weight is 332 g/mol. The summed E-state index contributed by atoms with van der Waals surface area (Å²) in [5.41, 5.74) is 0.730. The third kappa shape index (κ3) is 3.23. The van der Waals surface area contributed by atoms with Crippen LogP contribution in [0, 0.1) is 5.95 Å². The van der Waals surface area contributed by atoms with E-state index in [0.717, 1.165) is 10.8 Å². The summed E-state index contributed by atoms with van der Waals surface area (Å²) in [5, 5.41) is 15.6. The smallest absolute Gasteiger partial charge is 0.269 e. The maximum absolute atomic E-state index is 14.1. The van der Waals surface area contributed by atoms with E-state index < -0.39 is 5.95 Å². The number of fused-ring (bicyclic) bond motifs is 1. The van der Waals surface area contributed by atoms with Crippen LogP contribution >= 0.6 is 0 Å². The van der Waals surface area contributed by atoms with Gasteiger partial charge in [0.2, 0.25) is 0 Å². The molecule has 5 nitrogen and oxygen atoms in total. The average Bonchev–Trinajstić information content (AvgIpc) is 2.65. The van der Waals surface area contributed by atoms with Crippen LogP contribution in [0.1, 0.15) is 0 Å². The molecule has 0 atom stereocenters. The number of ether oxygens (including phenoxy) is 1. The van der Waals surface area contributed by atoms with Gasteiger partial charge in [0.05, 0.1) is 0 Å². The van der Waals surface area contributed by atoms with Gasteiger partial charge >= 0.3 is 0 Å². The molecule has 3 aromatic carbocycles. The first-order chi connectivity index (χ1) is 12.3. The number of anilines is 2. The summed E-state index contributed by atoms with van der Waals surface area (Å²) in [6, 6.07) is 22.7. The van der Waals surface area contributed by atoms with Crippen molar-refractivity contribution < 1.29 is 9.13 Å². The lowest BCUT2D eigenvalue weighted by Gasteiger charge is -2.11. The van der Waals surface area contributed by atoms with Crippen LogP contribution in [0.4, 0.5) is 15.8 Å². The number of rotatable bonds is 4. The zero-order valence-electron chi connectivity index (χ0n) is 13.1. The normalized spacial score (nSPS) is 10.6. The van der Waals surface area contributed by atoms with Gasteiger partial charge in [-0.05, 0) is 40.3 Å². The zero-order valence-corrected chi connectivity index (χ0v) is 13.1. The van der Waals surface area contributed by atoms with Gasteiger partial charge in [-0.1, -0.05) is 58.7 Å². The fourth-order valence-electron chi connectivity index (χ4n) is 2.48. The molecular formula is C19H13FN4O. The molecule has 0 fully saturated rings. The van der Waals surface area contributed by atoms with Gasteiger partial charge in [-0.15, -0.1) is 0 Å². The summed E-state index contributed by atoms with van der Waals surface area (Å²) in [6.45, 7) is 0.